The molecule has 0 amide bonds. The van der Waals surface area contributed by atoms with Crippen molar-refractivity contribution in [3.8, 4) is 11.5 Å². The number of rotatable bonds is 2. The second-order valence-electron chi connectivity index (χ2n) is 5.27. The third kappa shape index (κ3) is 2.56. The summed E-state index contributed by atoms with van der Waals surface area (Å²) in [6.07, 6.45) is 1.16. The molecule has 1 aliphatic rings. The normalized spacial score (nSPS) is 22.0. The van der Waals surface area contributed by atoms with Crippen LogP contribution in [0.3, 0.4) is 0 Å². The van der Waals surface area contributed by atoms with Crippen LogP contribution in [0.1, 0.15) is 18.3 Å². The van der Waals surface area contributed by atoms with E-state index in [9.17, 15) is 0 Å². The van der Waals surface area contributed by atoms with Crippen molar-refractivity contribution < 1.29 is 4.52 Å². The molecule has 0 bridgehead atoms. The largest absolute Gasteiger partial charge is 0.390 e. The number of hydrogen-bond acceptors (Lipinski definition) is 7. The number of hydrogen-bond donors (Lipinski definition) is 1. The van der Waals surface area contributed by atoms with Gasteiger partial charge in [-0.2, -0.15) is 4.98 Å². The van der Waals surface area contributed by atoms with Gasteiger partial charge in [0.1, 0.15) is 0 Å². The first-order chi connectivity index (χ1) is 9.65. The molecule has 20 heavy (non-hydrogen) atoms. The Morgan fingerprint density at radius 2 is 2.25 bits per heavy atom. The van der Waals surface area contributed by atoms with E-state index in [4.69, 9.17) is 10.3 Å². The van der Waals surface area contributed by atoms with Gasteiger partial charge in [-0.15, -0.1) is 11.3 Å². The highest BCUT2D eigenvalue weighted by Gasteiger charge is 2.27. The average Bonchev–Trinajstić information content (AvgIpc) is 3.00. The molecule has 0 aliphatic carbocycles. The third-order valence-electron chi connectivity index (χ3n) is 3.73. The molecule has 108 valence electrons. The predicted molar refractivity (Wildman–Crippen MR) is 79.5 cm³/mol. The van der Waals surface area contributed by atoms with Gasteiger partial charge >= 0.3 is 0 Å². The lowest BCUT2D eigenvalue weighted by atomic mass is 10.2. The lowest BCUT2D eigenvalue weighted by molar-refractivity contribution is 0.215. The molecule has 0 aromatic carbocycles. The van der Waals surface area contributed by atoms with Gasteiger partial charge in [-0.3, -0.25) is 4.90 Å². The zero-order valence-corrected chi connectivity index (χ0v) is 12.6. The van der Waals surface area contributed by atoms with Gasteiger partial charge in [0.2, 0.25) is 0 Å². The number of aromatic nitrogens is 2. The molecule has 0 spiro atoms. The summed E-state index contributed by atoms with van der Waals surface area (Å²) in [5, 5.41) is 6.80. The number of nitrogen functional groups attached to an aromatic ring is 1. The van der Waals surface area contributed by atoms with E-state index < -0.39 is 0 Å². The van der Waals surface area contributed by atoms with Crippen LogP contribution in [0.15, 0.2) is 16.0 Å². The summed E-state index contributed by atoms with van der Waals surface area (Å²) < 4.78 is 5.39. The summed E-state index contributed by atoms with van der Waals surface area (Å²) in [6, 6.07) is 2.08. The zero-order valence-electron chi connectivity index (χ0n) is 11.7. The summed E-state index contributed by atoms with van der Waals surface area (Å²) in [6.45, 7) is 3.05. The van der Waals surface area contributed by atoms with Crippen LogP contribution in [0.2, 0.25) is 0 Å². The molecule has 3 rings (SSSR count). The molecule has 0 radical (unpaired) electrons. The van der Waals surface area contributed by atoms with E-state index in [1.54, 1.807) is 0 Å². The van der Waals surface area contributed by atoms with Gasteiger partial charge in [-0.1, -0.05) is 5.16 Å². The second kappa shape index (κ2) is 5.51. The Hall–Kier alpha value is -1.44. The number of nitrogens with zero attached hydrogens (tertiary/aromatic N) is 4. The summed E-state index contributed by atoms with van der Waals surface area (Å²) >= 11 is 1.48. The maximum atomic E-state index is 5.91. The fourth-order valence-electron chi connectivity index (χ4n) is 2.53. The maximum Gasteiger partial charge on any atom is 0.260 e. The van der Waals surface area contributed by atoms with E-state index in [1.165, 1.54) is 11.3 Å². The molecule has 1 fully saturated rings. The van der Waals surface area contributed by atoms with Crippen LogP contribution < -0.4 is 5.73 Å². The second-order valence-corrected chi connectivity index (χ2v) is 6.22. The van der Waals surface area contributed by atoms with Crippen molar-refractivity contribution in [3.63, 3.8) is 0 Å². The maximum absolute atomic E-state index is 5.91. The van der Waals surface area contributed by atoms with Gasteiger partial charge in [0.15, 0.2) is 5.82 Å². The summed E-state index contributed by atoms with van der Waals surface area (Å²) in [4.78, 5) is 9.14. The molecule has 2 N–H and O–H groups in total. The molecule has 1 unspecified atom stereocenters. The van der Waals surface area contributed by atoms with Gasteiger partial charge in [-0.05, 0) is 45.1 Å². The number of likely N-dealkylation sites (N-methyl/N-ethyl adjacent to an activating group) is 2. The minimum Gasteiger partial charge on any atom is -0.390 e. The van der Waals surface area contributed by atoms with E-state index in [1.807, 2.05) is 11.4 Å². The molecular weight excluding hydrogens is 274 g/mol. The smallest absolute Gasteiger partial charge is 0.260 e. The first-order valence-corrected chi connectivity index (χ1v) is 7.59. The van der Waals surface area contributed by atoms with Gasteiger partial charge in [0.05, 0.1) is 16.6 Å². The summed E-state index contributed by atoms with van der Waals surface area (Å²) in [7, 11) is 4.24. The Bertz CT molecular complexity index is 581. The van der Waals surface area contributed by atoms with Crippen molar-refractivity contribution in [3.05, 3.63) is 17.3 Å². The van der Waals surface area contributed by atoms with E-state index in [0.717, 1.165) is 37.4 Å². The summed E-state index contributed by atoms with van der Waals surface area (Å²) in [5.41, 5.74) is 6.74. The average molecular weight is 293 g/mol. The third-order valence-corrected chi connectivity index (χ3v) is 4.48. The highest BCUT2D eigenvalue weighted by Crippen LogP contribution is 2.30. The van der Waals surface area contributed by atoms with E-state index in [-0.39, 0.29) is 6.04 Å². The van der Waals surface area contributed by atoms with Gasteiger partial charge in [0.25, 0.3) is 5.89 Å². The van der Waals surface area contributed by atoms with Crippen LogP contribution in [-0.4, -0.2) is 53.7 Å². The van der Waals surface area contributed by atoms with Crippen LogP contribution in [0.5, 0.6) is 0 Å². The van der Waals surface area contributed by atoms with E-state index >= 15 is 0 Å². The van der Waals surface area contributed by atoms with E-state index in [2.05, 4.69) is 34.0 Å². The SMILES string of the molecule is CN1CCCN(C)C(c2noc(-c3ccsc3N)n2)C1. The Labute approximate surface area is 122 Å². The molecule has 6 nitrogen and oxygen atoms in total. The lowest BCUT2D eigenvalue weighted by Crippen LogP contribution is -2.31. The number of anilines is 1. The Morgan fingerprint density at radius 3 is 3.00 bits per heavy atom. The fraction of sp³-hybridized carbons (Fsp3) is 0.538. The minimum atomic E-state index is 0.167. The number of nitrogens with two attached hydrogens (primary N) is 1. The van der Waals surface area contributed by atoms with Crippen LogP contribution in [-0.2, 0) is 0 Å². The summed E-state index contributed by atoms with van der Waals surface area (Å²) in [5.74, 6) is 1.25. The standard InChI is InChI=1S/C13H19N5OS/c1-17-5-3-6-18(2)10(8-17)12-15-13(19-16-12)9-4-7-20-11(9)14/h4,7,10H,3,5-6,8,14H2,1-2H3. The van der Waals surface area contributed by atoms with Gasteiger partial charge in [-0.25, -0.2) is 0 Å². The molecule has 2 aromatic rings. The fourth-order valence-corrected chi connectivity index (χ4v) is 3.16. The highest BCUT2D eigenvalue weighted by molar-refractivity contribution is 7.14. The Morgan fingerprint density at radius 1 is 1.40 bits per heavy atom. The van der Waals surface area contributed by atoms with Crippen molar-refractivity contribution in [2.75, 3.05) is 39.5 Å². The highest BCUT2D eigenvalue weighted by atomic mass is 32.1. The molecule has 1 aliphatic heterocycles. The van der Waals surface area contributed by atoms with Crippen LogP contribution in [0.25, 0.3) is 11.5 Å². The molecule has 3 heterocycles. The molecular formula is C13H19N5OS. The zero-order chi connectivity index (χ0) is 14.1. The van der Waals surface area contributed by atoms with Gasteiger partial charge in [0, 0.05) is 6.54 Å². The molecule has 0 saturated carbocycles. The monoisotopic (exact) mass is 293 g/mol. The quantitative estimate of drug-likeness (QED) is 0.908. The van der Waals surface area contributed by atoms with Crippen molar-refractivity contribution in [2.45, 2.75) is 12.5 Å². The molecule has 2 aromatic heterocycles. The van der Waals surface area contributed by atoms with Crippen molar-refractivity contribution >= 4 is 16.3 Å². The van der Waals surface area contributed by atoms with Crippen molar-refractivity contribution in [1.29, 1.82) is 0 Å². The predicted octanol–water partition coefficient (Wildman–Crippen LogP) is 1.69. The lowest BCUT2D eigenvalue weighted by Gasteiger charge is -2.24. The molecule has 7 heteroatoms. The van der Waals surface area contributed by atoms with E-state index in [0.29, 0.717) is 10.9 Å². The first-order valence-electron chi connectivity index (χ1n) is 6.71. The van der Waals surface area contributed by atoms with Crippen molar-refractivity contribution in [1.82, 2.24) is 19.9 Å². The van der Waals surface area contributed by atoms with Crippen molar-refractivity contribution in [2.24, 2.45) is 0 Å². The first kappa shape index (κ1) is 13.5. The van der Waals surface area contributed by atoms with Crippen LogP contribution in [0, 0.1) is 0 Å². The molecule has 1 atom stereocenters. The number of thiophene rings is 1. The Balaban J connectivity index is 1.87. The van der Waals surface area contributed by atoms with Gasteiger partial charge < -0.3 is 15.2 Å². The van der Waals surface area contributed by atoms with Crippen LogP contribution in [0.4, 0.5) is 5.00 Å². The molecule has 1 saturated heterocycles. The topological polar surface area (TPSA) is 71.4 Å². The minimum absolute atomic E-state index is 0.167. The van der Waals surface area contributed by atoms with Crippen LogP contribution >= 0.6 is 11.3 Å². The Kier molecular flexibility index (Phi) is 3.73.